The Labute approximate surface area is 78.9 Å². The zero-order chi connectivity index (χ0) is 10.4. The molecule has 0 rings (SSSR count). The highest BCUT2D eigenvalue weighted by Gasteiger charge is 2.13. The van der Waals surface area contributed by atoms with Crippen LogP contribution in [0.1, 0.15) is 27.7 Å². The molecule has 0 bridgehead atoms. The molecule has 0 aliphatic carbocycles. The minimum absolute atomic E-state index is 0.0456. The summed E-state index contributed by atoms with van der Waals surface area (Å²) in [6, 6.07) is 0. The minimum Gasteiger partial charge on any atom is -0.462 e. The van der Waals surface area contributed by atoms with Crippen LogP contribution >= 0.6 is 0 Å². The van der Waals surface area contributed by atoms with Gasteiger partial charge in [-0.05, 0) is 20.8 Å². The number of carbonyl (C=O) groups is 2. The van der Waals surface area contributed by atoms with E-state index in [0.717, 1.165) is 0 Å². The van der Waals surface area contributed by atoms with Crippen molar-refractivity contribution >= 4 is 11.9 Å². The van der Waals surface area contributed by atoms with Crippen molar-refractivity contribution < 1.29 is 14.3 Å². The Morgan fingerprint density at radius 3 is 2.23 bits per heavy atom. The summed E-state index contributed by atoms with van der Waals surface area (Å²) < 4.78 is 4.90. The van der Waals surface area contributed by atoms with Crippen molar-refractivity contribution in [3.8, 4) is 0 Å². The molecule has 1 amide bonds. The largest absolute Gasteiger partial charge is 0.462 e. The van der Waals surface area contributed by atoms with Crippen LogP contribution in [0.25, 0.3) is 0 Å². The third-order valence-electron chi connectivity index (χ3n) is 1.51. The van der Waals surface area contributed by atoms with Gasteiger partial charge in [0.05, 0.1) is 6.10 Å². The second kappa shape index (κ2) is 5.56. The first-order valence-corrected chi connectivity index (χ1v) is 4.42. The van der Waals surface area contributed by atoms with Crippen molar-refractivity contribution in [2.24, 2.45) is 0 Å². The van der Waals surface area contributed by atoms with E-state index in [4.69, 9.17) is 4.74 Å². The number of ether oxygens (including phenoxy) is 1. The molecule has 0 unspecified atom stereocenters. The van der Waals surface area contributed by atoms with Crippen molar-refractivity contribution in [2.45, 2.75) is 33.8 Å². The Balaban J connectivity index is 3.94. The number of carbonyl (C=O) groups excluding carboxylic acids is 2. The SMILES string of the molecule is CCN(CC(=O)OC(C)C)C(C)=O. The maximum atomic E-state index is 11.1. The molecule has 0 saturated carbocycles. The van der Waals surface area contributed by atoms with E-state index in [1.807, 2.05) is 6.92 Å². The summed E-state index contributed by atoms with van der Waals surface area (Å²) in [6.45, 7) is 7.40. The molecule has 0 spiro atoms. The number of hydrogen-bond acceptors (Lipinski definition) is 3. The standard InChI is InChI=1S/C9H17NO3/c1-5-10(8(4)11)6-9(12)13-7(2)3/h7H,5-6H2,1-4H3. The predicted octanol–water partition coefficient (Wildman–Crippen LogP) is 0.806. The summed E-state index contributed by atoms with van der Waals surface area (Å²) in [5.41, 5.74) is 0. The quantitative estimate of drug-likeness (QED) is 0.612. The molecular weight excluding hydrogens is 170 g/mol. The first kappa shape index (κ1) is 11.9. The predicted molar refractivity (Wildman–Crippen MR) is 49.2 cm³/mol. The lowest BCUT2D eigenvalue weighted by Crippen LogP contribution is -2.35. The maximum Gasteiger partial charge on any atom is 0.325 e. The zero-order valence-electron chi connectivity index (χ0n) is 8.66. The van der Waals surface area contributed by atoms with Crippen molar-refractivity contribution in [3.63, 3.8) is 0 Å². The molecule has 0 aromatic carbocycles. The first-order valence-electron chi connectivity index (χ1n) is 4.42. The van der Waals surface area contributed by atoms with Gasteiger partial charge in [-0.2, -0.15) is 0 Å². The molecule has 0 radical (unpaired) electrons. The van der Waals surface area contributed by atoms with Crippen LogP contribution in [0.3, 0.4) is 0 Å². The highest BCUT2D eigenvalue weighted by atomic mass is 16.5. The summed E-state index contributed by atoms with van der Waals surface area (Å²) >= 11 is 0. The average Bonchev–Trinajstić information content (AvgIpc) is 1.98. The van der Waals surface area contributed by atoms with Gasteiger partial charge in [0.25, 0.3) is 0 Å². The van der Waals surface area contributed by atoms with E-state index in [1.165, 1.54) is 11.8 Å². The molecule has 0 fully saturated rings. The molecule has 0 heterocycles. The van der Waals surface area contributed by atoms with E-state index in [-0.39, 0.29) is 24.5 Å². The molecule has 0 saturated heterocycles. The molecule has 13 heavy (non-hydrogen) atoms. The molecule has 0 N–H and O–H groups in total. The fraction of sp³-hybridized carbons (Fsp3) is 0.778. The smallest absolute Gasteiger partial charge is 0.325 e. The van der Waals surface area contributed by atoms with Crippen LogP contribution in [0.15, 0.2) is 0 Å². The van der Waals surface area contributed by atoms with Gasteiger partial charge in [0.2, 0.25) is 5.91 Å². The van der Waals surface area contributed by atoms with Crippen LogP contribution in [-0.4, -0.2) is 36.0 Å². The van der Waals surface area contributed by atoms with Gasteiger partial charge < -0.3 is 9.64 Å². The number of nitrogens with zero attached hydrogens (tertiary/aromatic N) is 1. The van der Waals surface area contributed by atoms with E-state index < -0.39 is 0 Å². The van der Waals surface area contributed by atoms with Crippen LogP contribution in [0.5, 0.6) is 0 Å². The summed E-state index contributed by atoms with van der Waals surface area (Å²) in [5, 5.41) is 0. The van der Waals surface area contributed by atoms with Crippen LogP contribution < -0.4 is 0 Å². The molecule has 0 aromatic rings. The summed E-state index contributed by atoms with van der Waals surface area (Å²) in [7, 11) is 0. The van der Waals surface area contributed by atoms with Gasteiger partial charge in [0.15, 0.2) is 0 Å². The Kier molecular flexibility index (Phi) is 5.11. The van der Waals surface area contributed by atoms with Crippen molar-refractivity contribution in [1.29, 1.82) is 0 Å². The number of hydrogen-bond donors (Lipinski definition) is 0. The van der Waals surface area contributed by atoms with E-state index in [0.29, 0.717) is 6.54 Å². The van der Waals surface area contributed by atoms with Crippen molar-refractivity contribution in [2.75, 3.05) is 13.1 Å². The highest BCUT2D eigenvalue weighted by molar-refractivity contribution is 5.80. The van der Waals surface area contributed by atoms with Crippen LogP contribution in [0.4, 0.5) is 0 Å². The van der Waals surface area contributed by atoms with Crippen LogP contribution in [0.2, 0.25) is 0 Å². The van der Waals surface area contributed by atoms with Gasteiger partial charge >= 0.3 is 5.97 Å². The number of amides is 1. The third-order valence-corrected chi connectivity index (χ3v) is 1.51. The third kappa shape index (κ3) is 5.22. The van der Waals surface area contributed by atoms with E-state index in [9.17, 15) is 9.59 Å². The second-order valence-corrected chi connectivity index (χ2v) is 3.07. The van der Waals surface area contributed by atoms with Crippen LogP contribution in [0, 0.1) is 0 Å². The van der Waals surface area contributed by atoms with Gasteiger partial charge in [-0.15, -0.1) is 0 Å². The number of likely N-dealkylation sites (N-methyl/N-ethyl adjacent to an activating group) is 1. The lowest BCUT2D eigenvalue weighted by molar-refractivity contribution is -0.151. The fourth-order valence-corrected chi connectivity index (χ4v) is 0.902. The molecule has 0 aliphatic heterocycles. The Hall–Kier alpha value is -1.06. The lowest BCUT2D eigenvalue weighted by atomic mass is 10.4. The Morgan fingerprint density at radius 1 is 1.38 bits per heavy atom. The molecule has 76 valence electrons. The van der Waals surface area contributed by atoms with E-state index in [1.54, 1.807) is 13.8 Å². The van der Waals surface area contributed by atoms with Crippen LogP contribution in [-0.2, 0) is 14.3 Å². The minimum atomic E-state index is -0.355. The monoisotopic (exact) mass is 187 g/mol. The maximum absolute atomic E-state index is 11.1. The van der Waals surface area contributed by atoms with E-state index >= 15 is 0 Å². The molecule has 0 aromatic heterocycles. The normalized spacial score (nSPS) is 9.92. The van der Waals surface area contributed by atoms with Crippen molar-refractivity contribution in [1.82, 2.24) is 4.90 Å². The average molecular weight is 187 g/mol. The topological polar surface area (TPSA) is 46.6 Å². The zero-order valence-corrected chi connectivity index (χ0v) is 8.66. The fourth-order valence-electron chi connectivity index (χ4n) is 0.902. The van der Waals surface area contributed by atoms with Gasteiger partial charge in [0.1, 0.15) is 6.54 Å². The Morgan fingerprint density at radius 2 is 1.92 bits per heavy atom. The van der Waals surface area contributed by atoms with Gasteiger partial charge in [0, 0.05) is 13.5 Å². The summed E-state index contributed by atoms with van der Waals surface area (Å²) in [6.07, 6.45) is -0.127. The first-order chi connectivity index (χ1) is 5.97. The molecule has 0 atom stereocenters. The lowest BCUT2D eigenvalue weighted by Gasteiger charge is -2.18. The summed E-state index contributed by atoms with van der Waals surface area (Å²) in [4.78, 5) is 23.5. The summed E-state index contributed by atoms with van der Waals surface area (Å²) in [5.74, 6) is -0.463. The molecule has 4 heteroatoms. The molecular formula is C9H17NO3. The molecule has 4 nitrogen and oxygen atoms in total. The molecule has 0 aliphatic rings. The number of esters is 1. The van der Waals surface area contributed by atoms with Gasteiger partial charge in [-0.1, -0.05) is 0 Å². The van der Waals surface area contributed by atoms with Gasteiger partial charge in [-0.25, -0.2) is 0 Å². The highest BCUT2D eigenvalue weighted by Crippen LogP contribution is 1.94. The van der Waals surface area contributed by atoms with Crippen molar-refractivity contribution in [3.05, 3.63) is 0 Å². The second-order valence-electron chi connectivity index (χ2n) is 3.07. The van der Waals surface area contributed by atoms with E-state index in [2.05, 4.69) is 0 Å². The van der Waals surface area contributed by atoms with Gasteiger partial charge in [-0.3, -0.25) is 9.59 Å². The Bertz CT molecular complexity index is 189. The number of rotatable bonds is 4.